The van der Waals surface area contributed by atoms with E-state index in [2.05, 4.69) is 54.7 Å². The molecule has 0 aliphatic carbocycles. The molecule has 0 unspecified atom stereocenters. The third-order valence-corrected chi connectivity index (χ3v) is 7.27. The van der Waals surface area contributed by atoms with Crippen LogP contribution in [0.1, 0.15) is 40.9 Å². The smallest absolute Gasteiger partial charge is 0.255 e. The molecule has 5 heteroatoms. The minimum atomic E-state index is -0.127. The molecule has 35 heavy (non-hydrogen) atoms. The van der Waals surface area contributed by atoms with Crippen LogP contribution in [0.25, 0.3) is 4.91 Å². The maximum atomic E-state index is 12.9. The molecule has 184 valence electrons. The number of para-hydroxylation sites is 1. The molecular weight excluding hydrogens is 450 g/mol. The van der Waals surface area contributed by atoms with Crippen LogP contribution < -0.4 is 10.6 Å². The van der Waals surface area contributed by atoms with Gasteiger partial charge < -0.3 is 10.6 Å². The maximum Gasteiger partial charge on any atom is 0.255 e. The lowest BCUT2D eigenvalue weighted by molar-refractivity contribution is 0.102. The number of hydrogen-bond acceptors (Lipinski definition) is 4. The first-order chi connectivity index (χ1) is 16.7. The molecule has 1 aliphatic heterocycles. The Balaban J connectivity index is 1.64. The summed E-state index contributed by atoms with van der Waals surface area (Å²) in [5.74, 6) is -0.127. The third kappa shape index (κ3) is 7.82. The first kappa shape index (κ1) is 26.7. The summed E-state index contributed by atoms with van der Waals surface area (Å²) in [6.45, 7) is 22.2. The van der Waals surface area contributed by atoms with Gasteiger partial charge in [0.15, 0.2) is 0 Å². The van der Waals surface area contributed by atoms with Crippen LogP contribution in [0.3, 0.4) is 0 Å². The zero-order valence-electron chi connectivity index (χ0n) is 21.4. The lowest BCUT2D eigenvalue weighted by Gasteiger charge is -2.27. The van der Waals surface area contributed by atoms with Gasteiger partial charge in [-0.25, -0.2) is 0 Å². The summed E-state index contributed by atoms with van der Waals surface area (Å²) in [5.41, 5.74) is 7.00. The molecule has 0 bridgehead atoms. The van der Waals surface area contributed by atoms with Gasteiger partial charge in [-0.1, -0.05) is 66.9 Å². The molecule has 2 aromatic rings. The minimum absolute atomic E-state index is 0.127. The second-order valence-corrected chi connectivity index (χ2v) is 10.3. The standard InChI is InChI=1S/C30H37N3OS/c1-21(20-33-17-15-31-16-18-33)11-12-23(3)25(5)35-26(6)28-9-7-8-10-29(28)32-30(34)27-14-13-22(2)24(4)19-27/h7-14,19,31H,5-6,15-18,20H2,1-4H3,(H,32,34)/b21-11+,23-12-. The second kappa shape index (κ2) is 12.7. The van der Waals surface area contributed by atoms with Crippen molar-refractivity contribution in [1.29, 1.82) is 0 Å². The molecule has 0 atom stereocenters. The van der Waals surface area contributed by atoms with E-state index < -0.39 is 0 Å². The second-order valence-electron chi connectivity index (χ2n) is 9.14. The first-order valence-corrected chi connectivity index (χ1v) is 12.9. The van der Waals surface area contributed by atoms with Crippen molar-refractivity contribution in [3.8, 4) is 0 Å². The Morgan fingerprint density at radius 1 is 1.06 bits per heavy atom. The first-order valence-electron chi connectivity index (χ1n) is 12.1. The fraction of sp³-hybridized carbons (Fsp3) is 0.300. The van der Waals surface area contributed by atoms with Crippen molar-refractivity contribution in [2.24, 2.45) is 0 Å². The molecule has 4 nitrogen and oxygen atoms in total. The summed E-state index contributed by atoms with van der Waals surface area (Å²) in [6.07, 6.45) is 4.32. The van der Waals surface area contributed by atoms with E-state index in [4.69, 9.17) is 0 Å². The fourth-order valence-electron chi connectivity index (χ4n) is 3.83. The Bertz CT molecular complexity index is 1160. The molecule has 0 aromatic heterocycles. The highest BCUT2D eigenvalue weighted by atomic mass is 32.2. The van der Waals surface area contributed by atoms with Gasteiger partial charge >= 0.3 is 0 Å². The number of amides is 1. The minimum Gasteiger partial charge on any atom is -0.321 e. The van der Waals surface area contributed by atoms with E-state index >= 15 is 0 Å². The van der Waals surface area contributed by atoms with E-state index in [1.165, 1.54) is 22.9 Å². The normalized spacial score (nSPS) is 15.1. The van der Waals surface area contributed by atoms with Crippen molar-refractivity contribution < 1.29 is 4.79 Å². The zero-order chi connectivity index (χ0) is 25.4. The van der Waals surface area contributed by atoms with Crippen LogP contribution in [0.4, 0.5) is 5.69 Å². The summed E-state index contributed by atoms with van der Waals surface area (Å²) in [4.78, 5) is 17.1. The number of allylic oxidation sites excluding steroid dienone is 3. The SMILES string of the molecule is C=C(SC(=C)c1ccccc1NC(=O)c1ccc(C)c(C)c1)/C(C)=C\C=C(/C)CN1CCNCC1. The number of thioether (sulfide) groups is 1. The van der Waals surface area contributed by atoms with E-state index in [-0.39, 0.29) is 5.91 Å². The Hall–Kier alpha value is -2.86. The number of rotatable bonds is 9. The molecule has 1 fully saturated rings. The van der Waals surface area contributed by atoms with E-state index in [1.807, 2.05) is 56.3 Å². The van der Waals surface area contributed by atoms with Gasteiger partial charge in [0.1, 0.15) is 0 Å². The van der Waals surface area contributed by atoms with Crippen LogP contribution in [0.2, 0.25) is 0 Å². The number of benzene rings is 2. The zero-order valence-corrected chi connectivity index (χ0v) is 22.2. The van der Waals surface area contributed by atoms with Crippen LogP contribution in [-0.4, -0.2) is 43.5 Å². The number of piperazine rings is 1. The molecule has 0 saturated carbocycles. The quantitative estimate of drug-likeness (QED) is 0.393. The average molecular weight is 488 g/mol. The van der Waals surface area contributed by atoms with Gasteiger partial charge in [0.05, 0.1) is 0 Å². The van der Waals surface area contributed by atoms with Crippen LogP contribution in [0, 0.1) is 13.8 Å². The summed E-state index contributed by atoms with van der Waals surface area (Å²) in [6, 6.07) is 13.5. The van der Waals surface area contributed by atoms with Crippen molar-refractivity contribution >= 4 is 28.3 Å². The van der Waals surface area contributed by atoms with Gasteiger partial charge in [-0.2, -0.15) is 0 Å². The van der Waals surface area contributed by atoms with Crippen molar-refractivity contribution in [3.63, 3.8) is 0 Å². The van der Waals surface area contributed by atoms with Crippen LogP contribution in [-0.2, 0) is 0 Å². The lowest BCUT2D eigenvalue weighted by Crippen LogP contribution is -2.43. The predicted octanol–water partition coefficient (Wildman–Crippen LogP) is 6.57. The number of aryl methyl sites for hydroxylation is 2. The predicted molar refractivity (Wildman–Crippen MR) is 153 cm³/mol. The molecule has 2 aromatic carbocycles. The highest BCUT2D eigenvalue weighted by molar-refractivity contribution is 8.11. The molecular formula is C30H37N3OS. The molecule has 1 aliphatic rings. The van der Waals surface area contributed by atoms with Crippen molar-refractivity contribution in [1.82, 2.24) is 10.2 Å². The Morgan fingerprint density at radius 3 is 2.49 bits per heavy atom. The summed E-state index contributed by atoms with van der Waals surface area (Å²) >= 11 is 1.53. The molecule has 3 rings (SSSR count). The van der Waals surface area contributed by atoms with Crippen molar-refractivity contribution in [3.05, 3.63) is 106 Å². The molecule has 1 heterocycles. The highest BCUT2D eigenvalue weighted by Crippen LogP contribution is 2.38. The van der Waals surface area contributed by atoms with Gasteiger partial charge in [-0.15, -0.1) is 0 Å². The van der Waals surface area contributed by atoms with Crippen molar-refractivity contribution in [2.75, 3.05) is 38.0 Å². The summed E-state index contributed by atoms with van der Waals surface area (Å²) in [5, 5.41) is 6.45. The number of nitrogens with one attached hydrogen (secondary N) is 2. The van der Waals surface area contributed by atoms with E-state index in [9.17, 15) is 4.79 Å². The largest absolute Gasteiger partial charge is 0.321 e. The van der Waals surface area contributed by atoms with Crippen LogP contribution in [0.5, 0.6) is 0 Å². The Labute approximate surface area is 214 Å². The average Bonchev–Trinajstić information content (AvgIpc) is 2.85. The molecule has 2 N–H and O–H groups in total. The Morgan fingerprint density at radius 2 is 1.77 bits per heavy atom. The number of anilines is 1. The Kier molecular flexibility index (Phi) is 9.73. The van der Waals surface area contributed by atoms with Gasteiger partial charge in [0.2, 0.25) is 0 Å². The highest BCUT2D eigenvalue weighted by Gasteiger charge is 2.13. The van der Waals surface area contributed by atoms with E-state index in [0.29, 0.717) is 5.56 Å². The topological polar surface area (TPSA) is 44.4 Å². The van der Waals surface area contributed by atoms with Gasteiger partial charge in [-0.3, -0.25) is 9.69 Å². The number of hydrogen-bond donors (Lipinski definition) is 2. The lowest BCUT2D eigenvalue weighted by atomic mass is 10.1. The third-order valence-electron chi connectivity index (χ3n) is 6.23. The number of carbonyl (C=O) groups is 1. The monoisotopic (exact) mass is 487 g/mol. The van der Waals surface area contributed by atoms with Gasteiger partial charge in [0.25, 0.3) is 5.91 Å². The van der Waals surface area contributed by atoms with E-state index in [1.54, 1.807) is 0 Å². The molecule has 0 radical (unpaired) electrons. The summed E-state index contributed by atoms with van der Waals surface area (Å²) in [7, 11) is 0. The summed E-state index contributed by atoms with van der Waals surface area (Å²) < 4.78 is 0. The molecule has 1 saturated heterocycles. The van der Waals surface area contributed by atoms with E-state index in [0.717, 1.165) is 64.9 Å². The van der Waals surface area contributed by atoms with Crippen LogP contribution >= 0.6 is 11.8 Å². The van der Waals surface area contributed by atoms with Gasteiger partial charge in [0, 0.05) is 59.3 Å². The fourth-order valence-corrected chi connectivity index (χ4v) is 4.65. The van der Waals surface area contributed by atoms with Gasteiger partial charge in [-0.05, 0) is 62.6 Å². The molecule has 1 amide bonds. The van der Waals surface area contributed by atoms with Crippen molar-refractivity contribution in [2.45, 2.75) is 27.7 Å². The van der Waals surface area contributed by atoms with Crippen LogP contribution in [0.15, 0.2) is 83.8 Å². The molecule has 0 spiro atoms. The number of nitrogens with zero attached hydrogens (tertiary/aromatic N) is 1. The maximum absolute atomic E-state index is 12.9. The number of carbonyl (C=O) groups excluding carboxylic acids is 1.